The number of carbonyl (C=O) groups is 3. The molecular formula is C32H35FN3O6PS. The second-order valence-corrected chi connectivity index (χ2v) is 15.7. The van der Waals surface area contributed by atoms with E-state index in [1.807, 2.05) is 6.07 Å². The summed E-state index contributed by atoms with van der Waals surface area (Å²) in [6, 6.07) is 12.2. The maximum absolute atomic E-state index is 14.1. The molecule has 0 spiro atoms. The molecule has 1 aromatic heterocycles. The number of amides is 3. The van der Waals surface area contributed by atoms with Gasteiger partial charge < -0.3 is 24.9 Å². The summed E-state index contributed by atoms with van der Waals surface area (Å²) in [6.07, 6.45) is 4.04. The van der Waals surface area contributed by atoms with Crippen LogP contribution in [0.2, 0.25) is 0 Å². The first kappa shape index (κ1) is 29.6. The second kappa shape index (κ2) is 11.4. The summed E-state index contributed by atoms with van der Waals surface area (Å²) in [5, 5.41) is 3.70. The van der Waals surface area contributed by atoms with Crippen LogP contribution >= 0.6 is 18.9 Å². The van der Waals surface area contributed by atoms with E-state index in [9.17, 15) is 33.1 Å². The van der Waals surface area contributed by atoms with E-state index in [1.165, 1.54) is 17.4 Å². The Morgan fingerprint density at radius 2 is 1.80 bits per heavy atom. The van der Waals surface area contributed by atoms with Gasteiger partial charge in [0.05, 0.1) is 11.0 Å². The normalized spacial score (nSPS) is 26.9. The van der Waals surface area contributed by atoms with Gasteiger partial charge in [-0.2, -0.15) is 0 Å². The molecule has 3 N–H and O–H groups in total. The smallest absolute Gasteiger partial charge is 0.329 e. The van der Waals surface area contributed by atoms with Gasteiger partial charge in [-0.05, 0) is 97.1 Å². The summed E-state index contributed by atoms with van der Waals surface area (Å²) in [6.45, 7) is 1.09. The van der Waals surface area contributed by atoms with E-state index in [2.05, 4.69) is 5.32 Å². The average molecular weight is 640 g/mol. The van der Waals surface area contributed by atoms with Crippen molar-refractivity contribution in [2.75, 3.05) is 13.1 Å². The molecule has 12 heteroatoms. The lowest BCUT2D eigenvalue weighted by Crippen LogP contribution is -2.60. The van der Waals surface area contributed by atoms with E-state index < -0.39 is 19.7 Å². The Morgan fingerprint density at radius 1 is 1.02 bits per heavy atom. The zero-order valence-corrected chi connectivity index (χ0v) is 25.8. The molecule has 5 atom stereocenters. The molecule has 44 heavy (non-hydrogen) atoms. The Labute approximate surface area is 258 Å². The molecule has 9 nitrogen and oxygen atoms in total. The van der Waals surface area contributed by atoms with E-state index in [0.29, 0.717) is 65.6 Å². The van der Waals surface area contributed by atoms with Gasteiger partial charge in [-0.1, -0.05) is 24.3 Å². The number of likely N-dealkylation sites (tertiary alicyclic amines) is 1. The number of rotatable bonds is 7. The quantitative estimate of drug-likeness (QED) is 0.331. The highest BCUT2D eigenvalue weighted by Gasteiger charge is 2.52. The zero-order chi connectivity index (χ0) is 30.7. The lowest BCUT2D eigenvalue weighted by molar-refractivity contribution is -0.151. The minimum Gasteiger partial charge on any atom is -0.340 e. The molecule has 4 fully saturated rings. The fourth-order valence-electron chi connectivity index (χ4n) is 7.47. The molecule has 0 radical (unpaired) electrons. The van der Waals surface area contributed by atoms with Crippen molar-refractivity contribution in [3.05, 3.63) is 70.4 Å². The molecule has 3 aromatic rings. The van der Waals surface area contributed by atoms with Crippen LogP contribution in [0.3, 0.4) is 0 Å². The Balaban J connectivity index is 1.04. The highest BCUT2D eigenvalue weighted by Crippen LogP contribution is 2.49. The minimum atomic E-state index is -4.22. The molecular weight excluding hydrogens is 604 g/mol. The lowest BCUT2D eigenvalue weighted by atomic mass is 9.91. The molecule has 7 rings (SSSR count). The predicted octanol–water partition coefficient (Wildman–Crippen LogP) is 4.31. The van der Waals surface area contributed by atoms with Crippen LogP contribution < -0.4 is 5.32 Å². The van der Waals surface area contributed by atoms with Crippen LogP contribution in [0.4, 0.5) is 4.39 Å². The van der Waals surface area contributed by atoms with Gasteiger partial charge in [0.2, 0.25) is 11.8 Å². The molecule has 232 valence electrons. The van der Waals surface area contributed by atoms with Gasteiger partial charge >= 0.3 is 7.60 Å². The van der Waals surface area contributed by atoms with Crippen LogP contribution in [-0.4, -0.2) is 68.5 Å². The predicted molar refractivity (Wildman–Crippen MR) is 163 cm³/mol. The van der Waals surface area contributed by atoms with Gasteiger partial charge in [0.15, 0.2) is 0 Å². The number of hydrogen-bond donors (Lipinski definition) is 3. The van der Waals surface area contributed by atoms with Crippen molar-refractivity contribution in [2.45, 2.75) is 62.8 Å². The number of carbonyl (C=O) groups excluding carboxylic acids is 3. The van der Waals surface area contributed by atoms with Crippen LogP contribution in [0.1, 0.15) is 52.9 Å². The first-order valence-corrected chi connectivity index (χ1v) is 17.9. The van der Waals surface area contributed by atoms with Crippen molar-refractivity contribution in [2.24, 2.45) is 17.8 Å². The van der Waals surface area contributed by atoms with Crippen molar-refractivity contribution in [3.63, 3.8) is 0 Å². The number of benzene rings is 2. The fraction of sp³-hybridized carbons (Fsp3) is 0.469. The van der Waals surface area contributed by atoms with Crippen molar-refractivity contribution < 1.29 is 33.1 Å². The molecule has 0 bridgehead atoms. The molecule has 1 saturated carbocycles. The summed E-state index contributed by atoms with van der Waals surface area (Å²) < 4.78 is 26.4. The van der Waals surface area contributed by atoms with Crippen LogP contribution in [0.5, 0.6) is 0 Å². The Hall–Kier alpha value is -3.11. The molecule has 0 unspecified atom stereocenters. The van der Waals surface area contributed by atoms with Gasteiger partial charge in [0.25, 0.3) is 5.91 Å². The molecule has 2 aromatic carbocycles. The lowest BCUT2D eigenvalue weighted by Gasteiger charge is -2.43. The summed E-state index contributed by atoms with van der Waals surface area (Å²) in [5.74, 6) is 0.218. The van der Waals surface area contributed by atoms with Crippen LogP contribution in [0.15, 0.2) is 48.5 Å². The van der Waals surface area contributed by atoms with Crippen molar-refractivity contribution in [3.8, 4) is 0 Å². The largest absolute Gasteiger partial charge is 0.340 e. The zero-order valence-electron chi connectivity index (χ0n) is 24.1. The third-order valence-corrected chi connectivity index (χ3v) is 11.6. The van der Waals surface area contributed by atoms with E-state index in [4.69, 9.17) is 0 Å². The highest BCUT2D eigenvalue weighted by atomic mass is 32.1. The monoisotopic (exact) mass is 639 g/mol. The number of thiophene rings is 1. The molecule has 3 saturated heterocycles. The van der Waals surface area contributed by atoms with Gasteiger partial charge in [-0.15, -0.1) is 11.3 Å². The Bertz CT molecular complexity index is 1690. The van der Waals surface area contributed by atoms with Crippen LogP contribution in [0, 0.1) is 23.6 Å². The number of fused-ring (bicyclic) bond motifs is 3. The maximum Gasteiger partial charge on any atom is 0.329 e. The number of nitrogens with one attached hydrogen (secondary N) is 1. The van der Waals surface area contributed by atoms with Crippen LogP contribution in [0.25, 0.3) is 10.1 Å². The molecule has 3 aliphatic heterocycles. The minimum absolute atomic E-state index is 0.0154. The van der Waals surface area contributed by atoms with Gasteiger partial charge in [0.1, 0.15) is 17.9 Å². The van der Waals surface area contributed by atoms with E-state index in [1.54, 1.807) is 46.2 Å². The van der Waals surface area contributed by atoms with Crippen LogP contribution in [-0.2, 0) is 26.7 Å². The highest BCUT2D eigenvalue weighted by molar-refractivity contribution is 7.50. The Morgan fingerprint density at radius 3 is 2.57 bits per heavy atom. The fourth-order valence-corrected chi connectivity index (χ4v) is 9.09. The summed E-state index contributed by atoms with van der Waals surface area (Å²) in [7, 11) is -4.22. The third kappa shape index (κ3) is 5.95. The number of hydrogen-bond acceptors (Lipinski definition) is 5. The molecule has 1 aliphatic carbocycles. The first-order valence-electron chi connectivity index (χ1n) is 15.2. The topological polar surface area (TPSA) is 127 Å². The molecule has 4 heterocycles. The average Bonchev–Trinajstić information content (AvgIpc) is 3.32. The summed E-state index contributed by atoms with van der Waals surface area (Å²) in [4.78, 5) is 63.8. The van der Waals surface area contributed by atoms with Gasteiger partial charge in [0, 0.05) is 23.8 Å². The second-order valence-electron chi connectivity index (χ2n) is 13.0. The SMILES string of the molecule is O=C(N[C@H]1C[C@@H]2C[C@@H]2C[C@H]2CC[C@@H](C(=O)N3CC(Cc4ccccc4F)C3)N2C1=O)c1cc2cc(CP(=O)(O)O)ccc2s1. The van der Waals surface area contributed by atoms with Crippen molar-refractivity contribution in [1.82, 2.24) is 15.1 Å². The van der Waals surface area contributed by atoms with Crippen molar-refractivity contribution in [1.29, 1.82) is 0 Å². The van der Waals surface area contributed by atoms with Gasteiger partial charge in [-0.25, -0.2) is 4.39 Å². The van der Waals surface area contributed by atoms with E-state index in [-0.39, 0.29) is 41.7 Å². The van der Waals surface area contributed by atoms with E-state index >= 15 is 0 Å². The standard InChI is InChI=1S/C32H35FN3O6PS/c33-25-4-2-1-3-20(25)10-19-15-35(16-19)32(39)27-7-6-24-12-21-11-22(21)13-26(31(38)36(24)27)34-30(37)29-14-23-9-18(17-43(40,41)42)5-8-28(23)44-29/h1-5,8-9,14,19,21-22,24,26-27H,6-7,10-13,15-17H2,(H,34,37)(H2,40,41,42)/t21-,22+,24-,26+,27+/m1/s1. The van der Waals surface area contributed by atoms with E-state index in [0.717, 1.165) is 24.0 Å². The summed E-state index contributed by atoms with van der Waals surface area (Å²) >= 11 is 1.27. The first-order chi connectivity index (χ1) is 21.0. The number of halogens is 1. The third-order valence-electron chi connectivity index (χ3n) is 9.76. The molecule has 3 amide bonds. The number of nitrogens with zero attached hydrogens (tertiary/aromatic N) is 2. The molecule has 4 aliphatic rings. The van der Waals surface area contributed by atoms with Crippen molar-refractivity contribution >= 4 is 46.7 Å². The summed E-state index contributed by atoms with van der Waals surface area (Å²) in [5.41, 5.74) is 1.14. The Kier molecular flexibility index (Phi) is 7.64. The maximum atomic E-state index is 14.1. The van der Waals surface area contributed by atoms with Gasteiger partial charge in [-0.3, -0.25) is 18.9 Å².